The van der Waals surface area contributed by atoms with Gasteiger partial charge < -0.3 is 13.7 Å². The highest BCUT2D eigenvalue weighted by Gasteiger charge is 2.22. The van der Waals surface area contributed by atoms with Crippen molar-refractivity contribution in [3.05, 3.63) is 0 Å². The van der Waals surface area contributed by atoms with E-state index >= 15 is 0 Å². The first kappa shape index (κ1) is 11.3. The maximum Gasteiger partial charge on any atom is 0.104 e. The van der Waals surface area contributed by atoms with E-state index in [2.05, 4.69) is 12.5 Å². The summed E-state index contributed by atoms with van der Waals surface area (Å²) >= 11 is 0. The Hall–Kier alpha value is 0.230. The summed E-state index contributed by atoms with van der Waals surface area (Å²) in [6.07, 6.45) is 5.83. The summed E-state index contributed by atoms with van der Waals surface area (Å²) in [5, 5.41) is 0. The standard InChI is InChI=1S/C9H20O3S/c1-10-13(2,3)6-4-5-11-7-9-8-12-9/h9H,4-8H2,1-3H3. The van der Waals surface area contributed by atoms with Gasteiger partial charge in [0.25, 0.3) is 0 Å². The molecule has 0 aromatic heterocycles. The van der Waals surface area contributed by atoms with Crippen molar-refractivity contribution in [1.82, 2.24) is 0 Å². The molecule has 4 heteroatoms. The van der Waals surface area contributed by atoms with Crippen LogP contribution in [-0.4, -0.2) is 51.3 Å². The average molecular weight is 208 g/mol. The summed E-state index contributed by atoms with van der Waals surface area (Å²) in [5.41, 5.74) is 0. The van der Waals surface area contributed by atoms with Gasteiger partial charge in [-0.1, -0.05) is 0 Å². The largest absolute Gasteiger partial charge is 0.379 e. The number of rotatable bonds is 7. The molecule has 1 fully saturated rings. The van der Waals surface area contributed by atoms with Crippen LogP contribution in [0.1, 0.15) is 6.42 Å². The van der Waals surface area contributed by atoms with E-state index in [1.54, 1.807) is 7.11 Å². The predicted molar refractivity (Wildman–Crippen MR) is 56.5 cm³/mol. The van der Waals surface area contributed by atoms with Crippen LogP contribution in [0.15, 0.2) is 0 Å². The second-order valence-corrected chi connectivity index (χ2v) is 7.31. The predicted octanol–water partition coefficient (Wildman–Crippen LogP) is 1.42. The minimum absolute atomic E-state index is 0.391. The molecule has 13 heavy (non-hydrogen) atoms. The van der Waals surface area contributed by atoms with Crippen LogP contribution in [0.3, 0.4) is 0 Å². The second-order valence-electron chi connectivity index (χ2n) is 3.69. The zero-order valence-electron chi connectivity index (χ0n) is 8.75. The van der Waals surface area contributed by atoms with Crippen molar-refractivity contribution in [2.45, 2.75) is 12.5 Å². The fourth-order valence-corrected chi connectivity index (χ4v) is 1.95. The molecule has 0 N–H and O–H groups in total. The highest BCUT2D eigenvalue weighted by Crippen LogP contribution is 2.40. The van der Waals surface area contributed by atoms with E-state index in [9.17, 15) is 0 Å². The van der Waals surface area contributed by atoms with Crippen molar-refractivity contribution in [2.75, 3.05) is 45.2 Å². The molecule has 0 bridgehead atoms. The first-order valence-corrected chi connectivity index (χ1v) is 7.14. The van der Waals surface area contributed by atoms with Crippen molar-refractivity contribution in [1.29, 1.82) is 0 Å². The van der Waals surface area contributed by atoms with E-state index < -0.39 is 10.3 Å². The Bertz CT molecular complexity index is 146. The Kier molecular flexibility index (Phi) is 4.52. The van der Waals surface area contributed by atoms with Crippen molar-refractivity contribution in [3.63, 3.8) is 0 Å². The molecule has 1 unspecified atom stereocenters. The zero-order valence-corrected chi connectivity index (χ0v) is 9.56. The molecular weight excluding hydrogens is 188 g/mol. The van der Waals surface area contributed by atoms with Gasteiger partial charge in [0, 0.05) is 19.5 Å². The SMILES string of the molecule is COS(C)(C)CCCOCC1CO1. The molecule has 0 radical (unpaired) electrons. The maximum absolute atomic E-state index is 5.43. The Morgan fingerprint density at radius 1 is 1.46 bits per heavy atom. The molecule has 1 heterocycles. The monoisotopic (exact) mass is 208 g/mol. The molecule has 0 aromatic rings. The van der Waals surface area contributed by atoms with Gasteiger partial charge in [-0.05, 0) is 18.9 Å². The fourth-order valence-electron chi connectivity index (χ4n) is 0.971. The van der Waals surface area contributed by atoms with Crippen molar-refractivity contribution >= 4 is 10.3 Å². The molecule has 0 amide bonds. The lowest BCUT2D eigenvalue weighted by atomic mass is 10.5. The van der Waals surface area contributed by atoms with Gasteiger partial charge in [-0.3, -0.25) is 0 Å². The van der Waals surface area contributed by atoms with Crippen LogP contribution in [0.4, 0.5) is 0 Å². The van der Waals surface area contributed by atoms with Gasteiger partial charge in [0.2, 0.25) is 0 Å². The molecule has 0 saturated carbocycles. The smallest absolute Gasteiger partial charge is 0.104 e. The Morgan fingerprint density at radius 2 is 2.15 bits per heavy atom. The molecule has 1 atom stereocenters. The topological polar surface area (TPSA) is 31.0 Å². The first-order chi connectivity index (χ1) is 6.14. The van der Waals surface area contributed by atoms with Crippen LogP contribution in [0.5, 0.6) is 0 Å². The Morgan fingerprint density at radius 3 is 2.69 bits per heavy atom. The van der Waals surface area contributed by atoms with Crippen molar-refractivity contribution in [3.8, 4) is 0 Å². The summed E-state index contributed by atoms with van der Waals surface area (Å²) in [6.45, 7) is 2.48. The van der Waals surface area contributed by atoms with E-state index in [0.717, 1.165) is 32.0 Å². The number of hydrogen-bond acceptors (Lipinski definition) is 3. The Balaban J connectivity index is 1.87. The van der Waals surface area contributed by atoms with Gasteiger partial charge in [0.1, 0.15) is 6.10 Å². The minimum atomic E-state index is -0.816. The number of hydrogen-bond donors (Lipinski definition) is 0. The maximum atomic E-state index is 5.43. The molecule has 80 valence electrons. The number of epoxide rings is 1. The van der Waals surface area contributed by atoms with E-state index in [1.807, 2.05) is 0 Å². The molecule has 0 aliphatic carbocycles. The van der Waals surface area contributed by atoms with Crippen LogP contribution >= 0.6 is 10.3 Å². The van der Waals surface area contributed by atoms with E-state index in [4.69, 9.17) is 13.7 Å². The van der Waals surface area contributed by atoms with E-state index in [0.29, 0.717) is 6.10 Å². The van der Waals surface area contributed by atoms with Gasteiger partial charge in [0.05, 0.1) is 13.2 Å². The molecule has 1 aliphatic rings. The zero-order chi connectivity index (χ0) is 9.73. The van der Waals surface area contributed by atoms with Gasteiger partial charge in [-0.25, -0.2) is 0 Å². The normalized spacial score (nSPS) is 23.2. The summed E-state index contributed by atoms with van der Waals surface area (Å²) < 4.78 is 15.8. The molecule has 0 aromatic carbocycles. The van der Waals surface area contributed by atoms with Crippen LogP contribution in [0.2, 0.25) is 0 Å². The first-order valence-electron chi connectivity index (χ1n) is 4.60. The highest BCUT2D eigenvalue weighted by molar-refractivity contribution is 8.28. The van der Waals surface area contributed by atoms with Crippen LogP contribution in [-0.2, 0) is 13.7 Å². The highest BCUT2D eigenvalue weighted by atomic mass is 32.3. The lowest BCUT2D eigenvalue weighted by Gasteiger charge is -2.28. The third kappa shape index (κ3) is 5.52. The second kappa shape index (κ2) is 5.20. The number of ether oxygens (including phenoxy) is 2. The van der Waals surface area contributed by atoms with E-state index in [1.165, 1.54) is 0 Å². The lowest BCUT2D eigenvalue weighted by molar-refractivity contribution is 0.117. The van der Waals surface area contributed by atoms with Crippen LogP contribution in [0.25, 0.3) is 0 Å². The molecule has 1 rings (SSSR count). The third-order valence-corrected chi connectivity index (χ3v) is 4.26. The van der Waals surface area contributed by atoms with Gasteiger partial charge >= 0.3 is 0 Å². The molecule has 1 saturated heterocycles. The van der Waals surface area contributed by atoms with Gasteiger partial charge in [-0.15, -0.1) is 10.3 Å². The summed E-state index contributed by atoms with van der Waals surface area (Å²) in [7, 11) is 0.970. The quantitative estimate of drug-likeness (QED) is 0.468. The lowest BCUT2D eigenvalue weighted by Crippen LogP contribution is -2.08. The van der Waals surface area contributed by atoms with Gasteiger partial charge in [-0.2, -0.15) is 0 Å². The average Bonchev–Trinajstić information content (AvgIpc) is 2.87. The summed E-state index contributed by atoms with van der Waals surface area (Å²) in [4.78, 5) is 0. The molecular formula is C9H20O3S. The molecule has 3 nitrogen and oxygen atoms in total. The van der Waals surface area contributed by atoms with Gasteiger partial charge in [0.15, 0.2) is 0 Å². The van der Waals surface area contributed by atoms with Crippen LogP contribution in [0, 0.1) is 0 Å². The van der Waals surface area contributed by atoms with Crippen molar-refractivity contribution in [2.24, 2.45) is 0 Å². The van der Waals surface area contributed by atoms with E-state index in [-0.39, 0.29) is 0 Å². The minimum Gasteiger partial charge on any atom is -0.379 e. The molecule has 0 spiro atoms. The van der Waals surface area contributed by atoms with Crippen LogP contribution < -0.4 is 0 Å². The third-order valence-electron chi connectivity index (χ3n) is 2.08. The Labute approximate surface area is 82.3 Å². The molecule has 1 aliphatic heterocycles. The summed E-state index contributed by atoms with van der Waals surface area (Å²) in [5.74, 6) is 1.12. The van der Waals surface area contributed by atoms with Crippen molar-refractivity contribution < 1.29 is 13.7 Å². The summed E-state index contributed by atoms with van der Waals surface area (Å²) in [6, 6.07) is 0. The fraction of sp³-hybridized carbons (Fsp3) is 1.00.